The molecule has 3 N–H and O–H groups in total. The van der Waals surface area contributed by atoms with Crippen molar-refractivity contribution in [1.82, 2.24) is 4.98 Å². The largest absolute Gasteiger partial charge is 0.465 e. The summed E-state index contributed by atoms with van der Waals surface area (Å²) in [7, 11) is 0. The summed E-state index contributed by atoms with van der Waals surface area (Å²) in [4.78, 5) is 14.0. The minimum absolute atomic E-state index is 0.580. The van der Waals surface area contributed by atoms with E-state index in [1.807, 2.05) is 18.2 Å². The Balaban J connectivity index is 2.56. The van der Waals surface area contributed by atoms with Crippen molar-refractivity contribution in [3.05, 3.63) is 42.1 Å². The fraction of sp³-hybridized carbons (Fsp3) is 0.214. The summed E-state index contributed by atoms with van der Waals surface area (Å²) in [6.07, 6.45) is 2.40. The van der Waals surface area contributed by atoms with Crippen molar-refractivity contribution in [3.63, 3.8) is 0 Å². The first-order valence-electron chi connectivity index (χ1n) is 5.89. The molecule has 1 aromatic heterocycles. The van der Waals surface area contributed by atoms with Crippen molar-refractivity contribution in [2.24, 2.45) is 0 Å². The number of H-pyrrole nitrogens is 1. The van der Waals surface area contributed by atoms with Crippen molar-refractivity contribution >= 4 is 22.7 Å². The van der Waals surface area contributed by atoms with E-state index in [0.29, 0.717) is 12.1 Å². The highest BCUT2D eigenvalue weighted by molar-refractivity contribution is 5.91. The number of allylic oxidation sites excluding steroid dienone is 1. The Morgan fingerprint density at radius 2 is 2.28 bits per heavy atom. The molecule has 1 aromatic carbocycles. The summed E-state index contributed by atoms with van der Waals surface area (Å²) < 4.78 is 0. The van der Waals surface area contributed by atoms with Gasteiger partial charge in [0.2, 0.25) is 0 Å². The van der Waals surface area contributed by atoms with Crippen LogP contribution in [0.15, 0.2) is 30.9 Å². The maximum absolute atomic E-state index is 10.7. The summed E-state index contributed by atoms with van der Waals surface area (Å²) in [6, 6.07) is 5.78. The van der Waals surface area contributed by atoms with Crippen LogP contribution in [0.4, 0.5) is 10.5 Å². The van der Waals surface area contributed by atoms with Crippen LogP contribution in [0.3, 0.4) is 0 Å². The number of carbonyl (C=O) groups is 1. The van der Waals surface area contributed by atoms with E-state index in [2.05, 4.69) is 29.9 Å². The standard InChI is InChI=1S/C14H16N2O2/c1-3-5-9-6-11(16-14(17)18)8-13-12(9)7-10(4-2)15-13/h3,6-8,15-16H,1,4-5H2,2H3,(H,17,18). The van der Waals surface area contributed by atoms with Gasteiger partial charge in [-0.1, -0.05) is 13.0 Å². The van der Waals surface area contributed by atoms with E-state index in [-0.39, 0.29) is 0 Å². The lowest BCUT2D eigenvalue weighted by Crippen LogP contribution is -2.07. The molecular formula is C14H16N2O2. The van der Waals surface area contributed by atoms with Crippen LogP contribution in [-0.4, -0.2) is 16.2 Å². The number of nitrogens with one attached hydrogen (secondary N) is 2. The zero-order chi connectivity index (χ0) is 13.1. The topological polar surface area (TPSA) is 65.1 Å². The average molecular weight is 244 g/mol. The summed E-state index contributed by atoms with van der Waals surface area (Å²) in [5.74, 6) is 0. The number of aromatic amines is 1. The molecule has 0 aliphatic carbocycles. The molecule has 0 unspecified atom stereocenters. The third-order valence-electron chi connectivity index (χ3n) is 2.88. The van der Waals surface area contributed by atoms with Crippen LogP contribution in [0, 0.1) is 0 Å². The van der Waals surface area contributed by atoms with Gasteiger partial charge in [0, 0.05) is 22.3 Å². The van der Waals surface area contributed by atoms with Gasteiger partial charge in [-0.05, 0) is 36.6 Å². The van der Waals surface area contributed by atoms with Crippen molar-refractivity contribution in [2.45, 2.75) is 19.8 Å². The normalized spacial score (nSPS) is 10.5. The molecule has 0 spiro atoms. The number of hydrogen-bond donors (Lipinski definition) is 3. The Labute approximate surface area is 105 Å². The lowest BCUT2D eigenvalue weighted by molar-refractivity contribution is 0.210. The summed E-state index contributed by atoms with van der Waals surface area (Å²) in [5, 5.41) is 12.3. The molecule has 1 heterocycles. The van der Waals surface area contributed by atoms with E-state index in [1.165, 1.54) is 0 Å². The van der Waals surface area contributed by atoms with Crippen molar-refractivity contribution < 1.29 is 9.90 Å². The molecule has 18 heavy (non-hydrogen) atoms. The fourth-order valence-corrected chi connectivity index (χ4v) is 2.08. The van der Waals surface area contributed by atoms with E-state index in [9.17, 15) is 4.79 Å². The lowest BCUT2D eigenvalue weighted by atomic mass is 10.1. The number of aromatic nitrogens is 1. The molecule has 0 bridgehead atoms. The van der Waals surface area contributed by atoms with Gasteiger partial charge in [-0.15, -0.1) is 6.58 Å². The van der Waals surface area contributed by atoms with Gasteiger partial charge in [-0.3, -0.25) is 5.32 Å². The van der Waals surface area contributed by atoms with E-state index in [0.717, 1.165) is 28.6 Å². The molecule has 94 valence electrons. The summed E-state index contributed by atoms with van der Waals surface area (Å²) in [5.41, 5.74) is 3.75. The monoisotopic (exact) mass is 244 g/mol. The van der Waals surface area contributed by atoms with Gasteiger partial charge in [0.15, 0.2) is 0 Å². The Kier molecular flexibility index (Phi) is 3.37. The van der Waals surface area contributed by atoms with Gasteiger partial charge in [-0.2, -0.15) is 0 Å². The van der Waals surface area contributed by atoms with Crippen LogP contribution < -0.4 is 5.32 Å². The Bertz CT molecular complexity index is 599. The summed E-state index contributed by atoms with van der Waals surface area (Å²) >= 11 is 0. The number of fused-ring (bicyclic) bond motifs is 1. The molecule has 4 nitrogen and oxygen atoms in total. The molecular weight excluding hydrogens is 228 g/mol. The van der Waals surface area contributed by atoms with Crippen LogP contribution in [0.25, 0.3) is 10.9 Å². The number of amides is 1. The fourth-order valence-electron chi connectivity index (χ4n) is 2.08. The van der Waals surface area contributed by atoms with Crippen LogP contribution in [0.2, 0.25) is 0 Å². The first kappa shape index (κ1) is 12.2. The molecule has 0 saturated heterocycles. The smallest absolute Gasteiger partial charge is 0.409 e. The Morgan fingerprint density at radius 3 is 2.89 bits per heavy atom. The first-order valence-corrected chi connectivity index (χ1v) is 5.89. The summed E-state index contributed by atoms with van der Waals surface area (Å²) in [6.45, 7) is 5.81. The van der Waals surface area contributed by atoms with Crippen molar-refractivity contribution in [1.29, 1.82) is 0 Å². The molecule has 2 aromatic rings. The van der Waals surface area contributed by atoms with Gasteiger partial charge in [0.1, 0.15) is 0 Å². The minimum atomic E-state index is -1.05. The van der Waals surface area contributed by atoms with Gasteiger partial charge in [0.05, 0.1) is 0 Å². The molecule has 0 saturated carbocycles. The van der Waals surface area contributed by atoms with E-state index in [4.69, 9.17) is 5.11 Å². The molecule has 2 rings (SSSR count). The molecule has 0 fully saturated rings. The quantitative estimate of drug-likeness (QED) is 0.720. The SMILES string of the molecule is C=CCc1cc(NC(=O)O)cc2[nH]c(CC)cc12. The predicted octanol–water partition coefficient (Wildman–Crippen LogP) is 3.55. The highest BCUT2D eigenvalue weighted by Crippen LogP contribution is 2.25. The molecule has 0 aliphatic heterocycles. The maximum atomic E-state index is 10.7. The highest BCUT2D eigenvalue weighted by Gasteiger charge is 2.08. The van der Waals surface area contributed by atoms with Gasteiger partial charge in [0.25, 0.3) is 0 Å². The second kappa shape index (κ2) is 4.96. The molecule has 0 atom stereocenters. The third kappa shape index (κ3) is 2.37. The second-order valence-corrected chi connectivity index (χ2v) is 4.17. The number of carboxylic acid groups (broad SMARTS) is 1. The van der Waals surface area contributed by atoms with Gasteiger partial charge in [-0.25, -0.2) is 4.79 Å². The van der Waals surface area contributed by atoms with Gasteiger partial charge >= 0.3 is 6.09 Å². The van der Waals surface area contributed by atoms with Crippen LogP contribution in [-0.2, 0) is 12.8 Å². The Hall–Kier alpha value is -2.23. The van der Waals surface area contributed by atoms with Crippen molar-refractivity contribution in [3.8, 4) is 0 Å². The van der Waals surface area contributed by atoms with Crippen molar-refractivity contribution in [2.75, 3.05) is 5.32 Å². The van der Waals surface area contributed by atoms with E-state index >= 15 is 0 Å². The number of aryl methyl sites for hydroxylation is 1. The zero-order valence-corrected chi connectivity index (χ0v) is 10.3. The van der Waals surface area contributed by atoms with E-state index in [1.54, 1.807) is 0 Å². The predicted molar refractivity (Wildman–Crippen MR) is 73.2 cm³/mol. The molecule has 0 aliphatic rings. The van der Waals surface area contributed by atoms with Crippen LogP contribution >= 0.6 is 0 Å². The minimum Gasteiger partial charge on any atom is -0.465 e. The van der Waals surface area contributed by atoms with Crippen LogP contribution in [0.5, 0.6) is 0 Å². The number of anilines is 1. The number of hydrogen-bond acceptors (Lipinski definition) is 1. The van der Waals surface area contributed by atoms with Gasteiger partial charge < -0.3 is 10.1 Å². The average Bonchev–Trinajstić information content (AvgIpc) is 2.71. The van der Waals surface area contributed by atoms with E-state index < -0.39 is 6.09 Å². The molecule has 0 radical (unpaired) electrons. The second-order valence-electron chi connectivity index (χ2n) is 4.17. The lowest BCUT2D eigenvalue weighted by Gasteiger charge is -2.05. The zero-order valence-electron chi connectivity index (χ0n) is 10.3. The number of benzene rings is 1. The van der Waals surface area contributed by atoms with Crippen LogP contribution in [0.1, 0.15) is 18.2 Å². The maximum Gasteiger partial charge on any atom is 0.409 e. The first-order chi connectivity index (χ1) is 8.63. The third-order valence-corrected chi connectivity index (χ3v) is 2.88. The highest BCUT2D eigenvalue weighted by atomic mass is 16.4. The molecule has 4 heteroatoms. The Morgan fingerprint density at radius 1 is 1.50 bits per heavy atom. The number of rotatable bonds is 4. The molecule has 1 amide bonds.